The summed E-state index contributed by atoms with van der Waals surface area (Å²) in [5.41, 5.74) is 4.40. The van der Waals surface area contributed by atoms with E-state index in [0.717, 1.165) is 0 Å². The van der Waals surface area contributed by atoms with E-state index < -0.39 is 0 Å². The first kappa shape index (κ1) is 14.6. The molecule has 106 valence electrons. The molecule has 1 saturated carbocycles. The van der Waals surface area contributed by atoms with Crippen LogP contribution in [-0.4, -0.2) is 11.2 Å². The molecule has 1 nitrogen and oxygen atoms in total. The molecule has 0 heterocycles. The van der Waals surface area contributed by atoms with Crippen LogP contribution in [0.15, 0.2) is 18.2 Å². The fraction of sp³-hybridized carbons (Fsp3) is 0.667. The maximum absolute atomic E-state index is 10.5. The summed E-state index contributed by atoms with van der Waals surface area (Å²) in [5, 5.41) is 10.5. The summed E-state index contributed by atoms with van der Waals surface area (Å²) in [6.07, 6.45) is 3.53. The highest BCUT2D eigenvalue weighted by Gasteiger charge is 2.46. The molecule has 1 aromatic rings. The minimum atomic E-state index is -0.207. The van der Waals surface area contributed by atoms with Crippen LogP contribution in [0.3, 0.4) is 0 Å². The Balaban J connectivity index is 2.37. The molecule has 1 N–H and O–H groups in total. The van der Waals surface area contributed by atoms with Gasteiger partial charge < -0.3 is 5.11 Å². The lowest BCUT2D eigenvalue weighted by Crippen LogP contribution is -2.47. The molecule has 1 aliphatic carbocycles. The lowest BCUT2D eigenvalue weighted by Gasteiger charge is -2.50. The van der Waals surface area contributed by atoms with Gasteiger partial charge >= 0.3 is 0 Å². The number of aryl methyl sites for hydroxylation is 2. The fourth-order valence-corrected chi connectivity index (χ4v) is 3.80. The molecule has 0 aromatic heterocycles. The van der Waals surface area contributed by atoms with Crippen LogP contribution in [0.25, 0.3) is 0 Å². The van der Waals surface area contributed by atoms with Crippen molar-refractivity contribution in [1.29, 1.82) is 0 Å². The lowest BCUT2D eigenvalue weighted by molar-refractivity contribution is 0.00109. The highest BCUT2D eigenvalue weighted by molar-refractivity contribution is 5.39. The van der Waals surface area contributed by atoms with E-state index in [-0.39, 0.29) is 11.5 Å². The molecule has 0 unspecified atom stereocenters. The van der Waals surface area contributed by atoms with Crippen LogP contribution in [0, 0.1) is 25.7 Å². The average molecular weight is 260 g/mol. The normalized spacial score (nSPS) is 21.0. The number of benzene rings is 1. The van der Waals surface area contributed by atoms with Gasteiger partial charge in [0.1, 0.15) is 0 Å². The Morgan fingerprint density at radius 2 is 1.74 bits per heavy atom. The summed E-state index contributed by atoms with van der Waals surface area (Å²) in [7, 11) is 0. The fourth-order valence-electron chi connectivity index (χ4n) is 3.80. The van der Waals surface area contributed by atoms with Gasteiger partial charge in [0.15, 0.2) is 0 Å². The van der Waals surface area contributed by atoms with Crippen LogP contribution >= 0.6 is 0 Å². The lowest BCUT2D eigenvalue weighted by atomic mass is 9.55. The smallest absolute Gasteiger partial charge is 0.0597 e. The monoisotopic (exact) mass is 260 g/mol. The Morgan fingerprint density at radius 1 is 1.11 bits per heavy atom. The van der Waals surface area contributed by atoms with Gasteiger partial charge in [0.05, 0.1) is 6.10 Å². The maximum atomic E-state index is 10.5. The molecule has 0 radical (unpaired) electrons. The summed E-state index contributed by atoms with van der Waals surface area (Å²) in [5.74, 6) is 0.667. The summed E-state index contributed by atoms with van der Waals surface area (Å²) in [4.78, 5) is 0. The van der Waals surface area contributed by atoms with E-state index in [1.54, 1.807) is 0 Å². The summed E-state index contributed by atoms with van der Waals surface area (Å²) in [6, 6.07) is 6.80. The second-order valence-corrected chi connectivity index (χ2v) is 6.85. The largest absolute Gasteiger partial charge is 0.393 e. The van der Waals surface area contributed by atoms with Gasteiger partial charge in [-0.15, -0.1) is 0 Å². The number of hydrogen-bond acceptors (Lipinski definition) is 1. The molecule has 0 saturated heterocycles. The first-order valence-corrected chi connectivity index (χ1v) is 7.64. The van der Waals surface area contributed by atoms with E-state index in [4.69, 9.17) is 0 Å². The first-order chi connectivity index (χ1) is 8.88. The number of aliphatic hydroxyl groups excluding tert-OH is 1. The molecule has 2 rings (SSSR count). The first-order valence-electron chi connectivity index (χ1n) is 7.64. The summed E-state index contributed by atoms with van der Waals surface area (Å²) < 4.78 is 0. The number of rotatable bonds is 4. The molecule has 0 aliphatic heterocycles. The van der Waals surface area contributed by atoms with Crippen LogP contribution < -0.4 is 0 Å². The predicted molar refractivity (Wildman–Crippen MR) is 81.5 cm³/mol. The molecule has 19 heavy (non-hydrogen) atoms. The van der Waals surface area contributed by atoms with Crippen molar-refractivity contribution in [3.8, 4) is 0 Å². The van der Waals surface area contributed by atoms with Gasteiger partial charge in [-0.1, -0.05) is 51.0 Å². The van der Waals surface area contributed by atoms with E-state index in [9.17, 15) is 5.11 Å². The van der Waals surface area contributed by atoms with E-state index in [1.807, 2.05) is 0 Å². The molecule has 1 aromatic carbocycles. The third-order valence-electron chi connectivity index (χ3n) is 5.23. The Labute approximate surface area is 118 Å². The zero-order valence-electron chi connectivity index (χ0n) is 13.0. The molecule has 2 atom stereocenters. The highest BCUT2D eigenvalue weighted by Crippen LogP contribution is 2.52. The van der Waals surface area contributed by atoms with Gasteiger partial charge in [-0.05, 0) is 49.7 Å². The van der Waals surface area contributed by atoms with E-state index in [0.29, 0.717) is 11.8 Å². The second kappa shape index (κ2) is 5.28. The van der Waals surface area contributed by atoms with Crippen LogP contribution in [0.1, 0.15) is 56.7 Å². The predicted octanol–water partition coefficient (Wildman–Crippen LogP) is 4.38. The van der Waals surface area contributed by atoms with Gasteiger partial charge in [-0.2, -0.15) is 0 Å². The van der Waals surface area contributed by atoms with Gasteiger partial charge in [0, 0.05) is 5.41 Å². The maximum Gasteiger partial charge on any atom is 0.0597 e. The minimum absolute atomic E-state index is 0.207. The Hall–Kier alpha value is -0.820. The van der Waals surface area contributed by atoms with Gasteiger partial charge in [0.2, 0.25) is 0 Å². The summed E-state index contributed by atoms with van der Waals surface area (Å²) in [6.45, 7) is 10.8. The highest BCUT2D eigenvalue weighted by atomic mass is 16.3. The average Bonchev–Trinajstić information content (AvgIpc) is 2.28. The van der Waals surface area contributed by atoms with E-state index >= 15 is 0 Å². The topological polar surface area (TPSA) is 20.2 Å². The zero-order valence-corrected chi connectivity index (χ0v) is 13.0. The molecule has 1 fully saturated rings. The van der Waals surface area contributed by atoms with E-state index in [1.165, 1.54) is 36.0 Å². The van der Waals surface area contributed by atoms with Crippen molar-refractivity contribution in [3.63, 3.8) is 0 Å². The Kier molecular flexibility index (Phi) is 4.06. The van der Waals surface area contributed by atoms with Crippen molar-refractivity contribution in [2.75, 3.05) is 0 Å². The van der Waals surface area contributed by atoms with Crippen molar-refractivity contribution < 1.29 is 5.11 Å². The number of hydrogen-bond donors (Lipinski definition) is 1. The number of aliphatic hydroxyl groups is 1. The molecule has 1 heteroatoms. The quantitative estimate of drug-likeness (QED) is 0.852. The van der Waals surface area contributed by atoms with Crippen molar-refractivity contribution in [1.82, 2.24) is 0 Å². The van der Waals surface area contributed by atoms with Gasteiger partial charge in [-0.25, -0.2) is 0 Å². The summed E-state index contributed by atoms with van der Waals surface area (Å²) >= 11 is 0. The van der Waals surface area contributed by atoms with Crippen LogP contribution in [0.2, 0.25) is 0 Å². The van der Waals surface area contributed by atoms with Crippen molar-refractivity contribution in [2.45, 2.75) is 65.4 Å². The second-order valence-electron chi connectivity index (χ2n) is 6.85. The van der Waals surface area contributed by atoms with Crippen LogP contribution in [0.5, 0.6) is 0 Å². The zero-order chi connectivity index (χ0) is 14.2. The molecular weight excluding hydrogens is 232 g/mol. The van der Waals surface area contributed by atoms with Crippen molar-refractivity contribution >= 4 is 0 Å². The minimum Gasteiger partial charge on any atom is -0.393 e. The van der Waals surface area contributed by atoms with Gasteiger partial charge in [-0.3, -0.25) is 0 Å². The molecular formula is C18H28O. The Bertz CT molecular complexity index is 443. The Morgan fingerprint density at radius 3 is 2.16 bits per heavy atom. The SMILES string of the molecule is Cc1ccc(C2([C@@H](C)[C@@H](O)C(C)C)CCC2)c(C)c1. The molecule has 0 bridgehead atoms. The van der Waals surface area contributed by atoms with Crippen LogP contribution in [-0.2, 0) is 5.41 Å². The standard InChI is InChI=1S/C18H28O/c1-12(2)17(19)15(5)18(9-6-10-18)16-8-7-13(3)11-14(16)4/h7-8,11-12,15,17,19H,6,9-10H2,1-5H3/t15-,17-/m0/s1. The van der Waals surface area contributed by atoms with Crippen molar-refractivity contribution in [3.05, 3.63) is 34.9 Å². The van der Waals surface area contributed by atoms with Crippen LogP contribution in [0.4, 0.5) is 0 Å². The van der Waals surface area contributed by atoms with E-state index in [2.05, 4.69) is 52.8 Å². The molecule has 0 amide bonds. The molecule has 1 aliphatic rings. The third-order valence-corrected chi connectivity index (χ3v) is 5.23. The third kappa shape index (κ3) is 2.45. The molecule has 0 spiro atoms. The van der Waals surface area contributed by atoms with Gasteiger partial charge in [0.25, 0.3) is 0 Å². The van der Waals surface area contributed by atoms with Crippen molar-refractivity contribution in [2.24, 2.45) is 11.8 Å².